The van der Waals surface area contributed by atoms with Crippen LogP contribution in [0.2, 0.25) is 5.02 Å². The molecule has 2 aromatic rings. The minimum atomic E-state index is 0.574. The van der Waals surface area contributed by atoms with Crippen LogP contribution in [-0.4, -0.2) is 11.5 Å². The summed E-state index contributed by atoms with van der Waals surface area (Å²) in [5.74, 6) is 1.34. The van der Waals surface area contributed by atoms with Crippen LogP contribution in [0.4, 0.5) is 0 Å². The molecule has 1 aromatic carbocycles. The van der Waals surface area contributed by atoms with Gasteiger partial charge < -0.3 is 10.1 Å². The molecule has 1 aromatic heterocycles. The minimum absolute atomic E-state index is 0.574. The molecule has 106 valence electrons. The highest BCUT2D eigenvalue weighted by Gasteiger charge is 2.08. The molecule has 0 radical (unpaired) electrons. The fourth-order valence-electron chi connectivity index (χ4n) is 1.72. The van der Waals surface area contributed by atoms with Gasteiger partial charge in [-0.15, -0.1) is 0 Å². The van der Waals surface area contributed by atoms with E-state index in [4.69, 9.17) is 16.3 Å². The second kappa shape index (κ2) is 7.62. The Morgan fingerprint density at radius 1 is 1.30 bits per heavy atom. The van der Waals surface area contributed by atoms with Crippen molar-refractivity contribution in [1.29, 1.82) is 0 Å². The van der Waals surface area contributed by atoms with E-state index < -0.39 is 0 Å². The van der Waals surface area contributed by atoms with Gasteiger partial charge in [-0.25, -0.2) is 0 Å². The van der Waals surface area contributed by atoms with E-state index in [-0.39, 0.29) is 0 Å². The normalized spacial score (nSPS) is 10.6. The molecule has 0 amide bonds. The van der Waals surface area contributed by atoms with Crippen molar-refractivity contribution in [2.45, 2.75) is 19.9 Å². The van der Waals surface area contributed by atoms with Gasteiger partial charge in [0.2, 0.25) is 0 Å². The van der Waals surface area contributed by atoms with Crippen LogP contribution in [0.25, 0.3) is 0 Å². The lowest BCUT2D eigenvalue weighted by molar-refractivity contribution is 0.470. The van der Waals surface area contributed by atoms with E-state index in [0.717, 1.165) is 35.3 Å². The van der Waals surface area contributed by atoms with E-state index >= 15 is 0 Å². The Balaban J connectivity index is 2.18. The second-order valence-corrected chi connectivity index (χ2v) is 5.66. The topological polar surface area (TPSA) is 34.2 Å². The molecule has 0 saturated heterocycles. The van der Waals surface area contributed by atoms with Gasteiger partial charge in [-0.3, -0.25) is 4.98 Å². The summed E-state index contributed by atoms with van der Waals surface area (Å²) in [6.07, 6.45) is 4.57. The number of nitrogens with zero attached hydrogens (tertiary/aromatic N) is 1. The minimum Gasteiger partial charge on any atom is -0.454 e. The van der Waals surface area contributed by atoms with Crippen molar-refractivity contribution in [3.8, 4) is 11.5 Å². The van der Waals surface area contributed by atoms with Gasteiger partial charge in [0.05, 0.1) is 11.2 Å². The number of pyridine rings is 1. The molecule has 3 nitrogen and oxygen atoms in total. The van der Waals surface area contributed by atoms with Crippen LogP contribution in [-0.2, 0) is 6.54 Å². The molecule has 0 aliphatic heterocycles. The third-order valence-corrected chi connectivity index (χ3v) is 3.53. The summed E-state index contributed by atoms with van der Waals surface area (Å²) in [6.45, 7) is 3.86. The smallest absolute Gasteiger partial charge is 0.150 e. The number of rotatable bonds is 6. The molecule has 0 unspecified atom stereocenters. The highest BCUT2D eigenvalue weighted by atomic mass is 79.9. The van der Waals surface area contributed by atoms with E-state index in [2.05, 4.69) is 33.2 Å². The number of benzene rings is 1. The van der Waals surface area contributed by atoms with Crippen molar-refractivity contribution in [2.24, 2.45) is 0 Å². The lowest BCUT2D eigenvalue weighted by Gasteiger charge is -2.12. The lowest BCUT2D eigenvalue weighted by atomic mass is 10.2. The quantitative estimate of drug-likeness (QED) is 0.757. The molecule has 0 spiro atoms. The van der Waals surface area contributed by atoms with Crippen LogP contribution in [0.5, 0.6) is 11.5 Å². The van der Waals surface area contributed by atoms with Gasteiger partial charge in [-0.2, -0.15) is 0 Å². The molecular formula is C15H16BrClN2O. The van der Waals surface area contributed by atoms with Gasteiger partial charge in [-0.05, 0) is 37.2 Å². The molecule has 2 rings (SSSR count). The summed E-state index contributed by atoms with van der Waals surface area (Å²) >= 11 is 9.56. The Kier molecular flexibility index (Phi) is 5.83. The maximum atomic E-state index is 6.14. The van der Waals surface area contributed by atoms with Crippen LogP contribution in [0.1, 0.15) is 18.9 Å². The standard InChI is InChI=1S/C15H16BrClN2O/c1-2-6-18-9-11-5-7-19-10-15(11)20-14-8-12(16)3-4-13(14)17/h3-5,7-8,10,18H,2,6,9H2,1H3. The third-order valence-electron chi connectivity index (χ3n) is 2.73. The molecule has 0 saturated carbocycles. The number of aromatic nitrogens is 1. The summed E-state index contributed by atoms with van der Waals surface area (Å²) in [5, 5.41) is 3.93. The average molecular weight is 356 g/mol. The zero-order valence-corrected chi connectivity index (χ0v) is 13.5. The van der Waals surface area contributed by atoms with Crippen LogP contribution in [0.15, 0.2) is 41.1 Å². The summed E-state index contributed by atoms with van der Waals surface area (Å²) in [4.78, 5) is 4.11. The SMILES string of the molecule is CCCNCc1ccncc1Oc1cc(Br)ccc1Cl. The van der Waals surface area contributed by atoms with Crippen molar-refractivity contribution in [3.63, 3.8) is 0 Å². The molecule has 0 fully saturated rings. The van der Waals surface area contributed by atoms with E-state index in [1.54, 1.807) is 18.5 Å². The molecule has 1 N–H and O–H groups in total. The zero-order chi connectivity index (χ0) is 14.4. The van der Waals surface area contributed by atoms with Crippen molar-refractivity contribution >= 4 is 27.5 Å². The van der Waals surface area contributed by atoms with Crippen molar-refractivity contribution < 1.29 is 4.74 Å². The summed E-state index contributed by atoms with van der Waals surface area (Å²) in [7, 11) is 0. The Bertz CT molecular complexity index is 578. The first kappa shape index (κ1) is 15.3. The maximum Gasteiger partial charge on any atom is 0.150 e. The van der Waals surface area contributed by atoms with Gasteiger partial charge in [0.15, 0.2) is 0 Å². The number of hydrogen-bond acceptors (Lipinski definition) is 3. The maximum absolute atomic E-state index is 6.14. The second-order valence-electron chi connectivity index (χ2n) is 4.34. The third kappa shape index (κ3) is 4.20. The van der Waals surface area contributed by atoms with Crippen LogP contribution in [0, 0.1) is 0 Å². The zero-order valence-electron chi connectivity index (χ0n) is 11.2. The predicted octanol–water partition coefficient (Wildman–Crippen LogP) is 4.79. The molecule has 0 atom stereocenters. The molecule has 20 heavy (non-hydrogen) atoms. The Labute approximate surface area is 132 Å². The Hall–Kier alpha value is -1.10. The number of ether oxygens (including phenoxy) is 1. The fourth-order valence-corrected chi connectivity index (χ4v) is 2.22. The Morgan fingerprint density at radius 2 is 2.15 bits per heavy atom. The molecular weight excluding hydrogens is 340 g/mol. The number of nitrogens with one attached hydrogen (secondary N) is 1. The van der Waals surface area contributed by atoms with Crippen molar-refractivity contribution in [2.75, 3.05) is 6.54 Å². The van der Waals surface area contributed by atoms with E-state index in [0.29, 0.717) is 10.8 Å². The first-order valence-corrected chi connectivity index (χ1v) is 7.64. The number of halogens is 2. The van der Waals surface area contributed by atoms with Gasteiger partial charge in [0, 0.05) is 22.8 Å². The predicted molar refractivity (Wildman–Crippen MR) is 85.5 cm³/mol. The van der Waals surface area contributed by atoms with Crippen molar-refractivity contribution in [1.82, 2.24) is 10.3 Å². The fraction of sp³-hybridized carbons (Fsp3) is 0.267. The van der Waals surface area contributed by atoms with Crippen LogP contribution >= 0.6 is 27.5 Å². The number of hydrogen-bond donors (Lipinski definition) is 1. The van der Waals surface area contributed by atoms with E-state index in [9.17, 15) is 0 Å². The van der Waals surface area contributed by atoms with E-state index in [1.165, 1.54) is 0 Å². The van der Waals surface area contributed by atoms with Gasteiger partial charge >= 0.3 is 0 Å². The van der Waals surface area contributed by atoms with Gasteiger partial charge in [-0.1, -0.05) is 34.5 Å². The van der Waals surface area contributed by atoms with Crippen molar-refractivity contribution in [3.05, 3.63) is 51.7 Å². The molecule has 0 aliphatic rings. The largest absolute Gasteiger partial charge is 0.454 e. The summed E-state index contributed by atoms with van der Waals surface area (Å²) in [6, 6.07) is 7.47. The highest BCUT2D eigenvalue weighted by molar-refractivity contribution is 9.10. The first-order valence-electron chi connectivity index (χ1n) is 6.47. The summed E-state index contributed by atoms with van der Waals surface area (Å²) in [5.41, 5.74) is 1.06. The average Bonchev–Trinajstić information content (AvgIpc) is 2.45. The first-order chi connectivity index (χ1) is 9.70. The molecule has 1 heterocycles. The molecule has 0 aliphatic carbocycles. The Morgan fingerprint density at radius 3 is 2.95 bits per heavy atom. The van der Waals surface area contributed by atoms with Crippen LogP contribution < -0.4 is 10.1 Å². The molecule has 0 bridgehead atoms. The summed E-state index contributed by atoms with van der Waals surface area (Å²) < 4.78 is 6.81. The lowest BCUT2D eigenvalue weighted by Crippen LogP contribution is -2.14. The van der Waals surface area contributed by atoms with E-state index in [1.807, 2.05) is 18.2 Å². The van der Waals surface area contributed by atoms with Gasteiger partial charge in [0.1, 0.15) is 11.5 Å². The van der Waals surface area contributed by atoms with Gasteiger partial charge in [0.25, 0.3) is 0 Å². The van der Waals surface area contributed by atoms with Crippen LogP contribution in [0.3, 0.4) is 0 Å². The monoisotopic (exact) mass is 354 g/mol. The molecule has 5 heteroatoms. The highest BCUT2D eigenvalue weighted by Crippen LogP contribution is 2.33.